The van der Waals surface area contributed by atoms with Crippen LogP contribution < -0.4 is 5.32 Å². The summed E-state index contributed by atoms with van der Waals surface area (Å²) in [5.74, 6) is -3.46. The third-order valence-electron chi connectivity index (χ3n) is 3.46. The number of nitrogens with one attached hydrogen (secondary N) is 1. The number of nitrogens with zero attached hydrogens (tertiary/aromatic N) is 1. The van der Waals surface area contributed by atoms with E-state index in [1.165, 1.54) is 29.5 Å². The second-order valence-electron chi connectivity index (χ2n) is 5.17. The zero-order valence-corrected chi connectivity index (χ0v) is 14.5. The van der Waals surface area contributed by atoms with E-state index in [2.05, 4.69) is 10.3 Å². The molecule has 0 spiro atoms. The van der Waals surface area contributed by atoms with Crippen molar-refractivity contribution < 1.29 is 17.2 Å². The van der Waals surface area contributed by atoms with Crippen LogP contribution in [0.2, 0.25) is 0 Å². The number of thiazole rings is 1. The molecule has 3 rings (SSSR count). The molecule has 0 aliphatic heterocycles. The van der Waals surface area contributed by atoms with Crippen molar-refractivity contribution in [2.24, 2.45) is 0 Å². The van der Waals surface area contributed by atoms with Gasteiger partial charge in [-0.15, -0.1) is 11.3 Å². The molecule has 4 nitrogen and oxygen atoms in total. The molecule has 3 aromatic rings. The highest BCUT2D eigenvalue weighted by Crippen LogP contribution is 2.27. The van der Waals surface area contributed by atoms with Crippen LogP contribution in [0.25, 0.3) is 10.6 Å². The van der Waals surface area contributed by atoms with Crippen LogP contribution in [0.1, 0.15) is 5.69 Å². The molecule has 0 saturated carbocycles. The Hall–Kier alpha value is -2.32. The van der Waals surface area contributed by atoms with Gasteiger partial charge in [-0.25, -0.2) is 13.4 Å². The van der Waals surface area contributed by atoms with E-state index in [9.17, 15) is 17.2 Å². The molecular weight excluding hydrogens is 366 g/mol. The molecule has 8 heteroatoms. The normalized spacial score (nSPS) is 11.6. The summed E-state index contributed by atoms with van der Waals surface area (Å²) in [6.45, 7) is 0.235. The molecule has 1 aromatic heterocycles. The van der Waals surface area contributed by atoms with E-state index in [0.717, 1.165) is 10.6 Å². The van der Waals surface area contributed by atoms with Crippen molar-refractivity contribution in [2.45, 2.75) is 17.2 Å². The Labute approximate surface area is 148 Å². The van der Waals surface area contributed by atoms with Crippen LogP contribution in [-0.2, 0) is 16.4 Å². The fourth-order valence-electron chi connectivity index (χ4n) is 2.24. The highest BCUT2D eigenvalue weighted by atomic mass is 32.2. The summed E-state index contributed by atoms with van der Waals surface area (Å²) >= 11 is 1.46. The second kappa shape index (κ2) is 7.28. The van der Waals surface area contributed by atoms with E-state index in [1.54, 1.807) is 6.07 Å². The van der Waals surface area contributed by atoms with Crippen molar-refractivity contribution >= 4 is 26.9 Å². The first-order valence-corrected chi connectivity index (χ1v) is 9.76. The van der Waals surface area contributed by atoms with E-state index in [0.29, 0.717) is 5.69 Å². The first-order chi connectivity index (χ1) is 12.0. The number of alkyl halides is 2. The number of hydrogen-bond acceptors (Lipinski definition) is 5. The van der Waals surface area contributed by atoms with Gasteiger partial charge in [-0.1, -0.05) is 42.5 Å². The summed E-state index contributed by atoms with van der Waals surface area (Å²) < 4.78 is 49.1. The Balaban J connectivity index is 1.79. The molecule has 0 atom stereocenters. The Morgan fingerprint density at radius 1 is 1.04 bits per heavy atom. The van der Waals surface area contributed by atoms with E-state index >= 15 is 0 Å². The molecule has 0 unspecified atom stereocenters. The molecule has 0 radical (unpaired) electrons. The molecule has 1 heterocycles. The van der Waals surface area contributed by atoms with Gasteiger partial charge >= 0.3 is 5.76 Å². The molecule has 0 fully saturated rings. The van der Waals surface area contributed by atoms with Crippen molar-refractivity contribution in [3.63, 3.8) is 0 Å². The maximum Gasteiger partial charge on any atom is 0.341 e. The van der Waals surface area contributed by atoms with E-state index in [-0.39, 0.29) is 12.2 Å². The van der Waals surface area contributed by atoms with Crippen molar-refractivity contribution in [3.8, 4) is 10.6 Å². The minimum atomic E-state index is -4.66. The Morgan fingerprint density at radius 3 is 2.44 bits per heavy atom. The number of anilines is 1. The number of benzene rings is 2. The predicted octanol–water partition coefficient (Wildman–Crippen LogP) is 4.42. The van der Waals surface area contributed by atoms with Crippen LogP contribution in [0.5, 0.6) is 0 Å². The van der Waals surface area contributed by atoms with Crippen molar-refractivity contribution in [2.75, 3.05) is 5.32 Å². The topological polar surface area (TPSA) is 59.1 Å². The van der Waals surface area contributed by atoms with Crippen molar-refractivity contribution in [1.29, 1.82) is 0 Å². The van der Waals surface area contributed by atoms with Crippen LogP contribution in [-0.4, -0.2) is 19.2 Å². The van der Waals surface area contributed by atoms with Crippen LogP contribution in [0.15, 0.2) is 64.9 Å². The zero-order chi connectivity index (χ0) is 17.9. The minimum absolute atomic E-state index is 0.136. The van der Waals surface area contributed by atoms with Gasteiger partial charge in [0.25, 0.3) is 0 Å². The Kier molecular flexibility index (Phi) is 5.10. The smallest absolute Gasteiger partial charge is 0.341 e. The lowest BCUT2D eigenvalue weighted by Gasteiger charge is -2.11. The highest BCUT2D eigenvalue weighted by molar-refractivity contribution is 7.91. The first-order valence-electron chi connectivity index (χ1n) is 7.33. The van der Waals surface area contributed by atoms with Gasteiger partial charge in [0.2, 0.25) is 9.84 Å². The van der Waals surface area contributed by atoms with Crippen LogP contribution in [0.4, 0.5) is 14.5 Å². The summed E-state index contributed by atoms with van der Waals surface area (Å²) in [7, 11) is -4.66. The molecule has 0 bridgehead atoms. The largest absolute Gasteiger partial charge is 0.378 e. The van der Waals surface area contributed by atoms with Crippen LogP contribution in [0, 0.1) is 0 Å². The second-order valence-corrected chi connectivity index (χ2v) is 7.91. The van der Waals surface area contributed by atoms with Crippen LogP contribution >= 0.6 is 11.3 Å². The summed E-state index contributed by atoms with van der Waals surface area (Å²) in [5.41, 5.74) is 1.82. The van der Waals surface area contributed by atoms with Gasteiger partial charge in [0.05, 0.1) is 22.8 Å². The highest BCUT2D eigenvalue weighted by Gasteiger charge is 2.28. The van der Waals surface area contributed by atoms with Crippen LogP contribution in [0.3, 0.4) is 0 Å². The number of rotatable bonds is 6. The van der Waals surface area contributed by atoms with E-state index in [1.807, 2.05) is 35.7 Å². The SMILES string of the molecule is O=S(=O)(c1ccccc1NCc1csc(-c2ccccc2)n1)C(F)F. The molecule has 130 valence electrons. The van der Waals surface area contributed by atoms with Gasteiger partial charge in [-0.2, -0.15) is 8.78 Å². The number of aromatic nitrogens is 1. The standard InChI is InChI=1S/C17H14F2N2O2S2/c18-17(19)25(22,23)15-9-5-4-8-14(15)20-10-13-11-24-16(21-13)12-6-2-1-3-7-12/h1-9,11,17,20H,10H2. The summed E-state index contributed by atoms with van der Waals surface area (Å²) in [4.78, 5) is 4.07. The summed E-state index contributed by atoms with van der Waals surface area (Å²) in [5, 5.41) is 5.57. The molecule has 1 N–H and O–H groups in total. The molecule has 2 aromatic carbocycles. The van der Waals surface area contributed by atoms with Gasteiger partial charge in [0, 0.05) is 10.9 Å². The molecule has 0 aliphatic rings. The maximum atomic E-state index is 12.8. The maximum absolute atomic E-state index is 12.8. The average molecular weight is 380 g/mol. The van der Waals surface area contributed by atoms with Gasteiger partial charge < -0.3 is 5.32 Å². The Bertz CT molecular complexity index is 958. The van der Waals surface area contributed by atoms with Gasteiger partial charge in [0.1, 0.15) is 5.01 Å². The third-order valence-corrected chi connectivity index (χ3v) is 5.84. The number of sulfone groups is 1. The summed E-state index contributed by atoms with van der Waals surface area (Å²) in [6, 6.07) is 15.3. The monoisotopic (exact) mass is 380 g/mol. The number of halogens is 2. The van der Waals surface area contributed by atoms with Gasteiger partial charge in [-0.3, -0.25) is 0 Å². The lowest BCUT2D eigenvalue weighted by Crippen LogP contribution is -2.14. The quantitative estimate of drug-likeness (QED) is 0.688. The molecule has 0 saturated heterocycles. The number of para-hydroxylation sites is 1. The fraction of sp³-hybridized carbons (Fsp3) is 0.118. The van der Waals surface area contributed by atoms with E-state index < -0.39 is 20.5 Å². The molecule has 0 aliphatic carbocycles. The minimum Gasteiger partial charge on any atom is -0.378 e. The zero-order valence-electron chi connectivity index (χ0n) is 12.9. The molecule has 0 amide bonds. The predicted molar refractivity (Wildman–Crippen MR) is 94.5 cm³/mol. The lowest BCUT2D eigenvalue weighted by atomic mass is 10.2. The van der Waals surface area contributed by atoms with Crippen molar-refractivity contribution in [1.82, 2.24) is 4.98 Å². The molecular formula is C17H14F2N2O2S2. The number of hydrogen-bond donors (Lipinski definition) is 1. The first kappa shape index (κ1) is 17.5. The summed E-state index contributed by atoms with van der Waals surface area (Å²) in [6.07, 6.45) is 0. The van der Waals surface area contributed by atoms with Gasteiger partial charge in [0.15, 0.2) is 0 Å². The molecule has 25 heavy (non-hydrogen) atoms. The Morgan fingerprint density at radius 2 is 1.72 bits per heavy atom. The fourth-order valence-corrected chi connectivity index (χ4v) is 3.98. The lowest BCUT2D eigenvalue weighted by molar-refractivity contribution is 0.235. The third kappa shape index (κ3) is 3.85. The van der Waals surface area contributed by atoms with Gasteiger partial charge in [-0.05, 0) is 12.1 Å². The average Bonchev–Trinajstić information content (AvgIpc) is 3.10. The van der Waals surface area contributed by atoms with Crippen molar-refractivity contribution in [3.05, 3.63) is 65.7 Å². The van der Waals surface area contributed by atoms with E-state index in [4.69, 9.17) is 0 Å².